The highest BCUT2D eigenvalue weighted by Crippen LogP contribution is 2.20. The van der Waals surface area contributed by atoms with Gasteiger partial charge in [-0.05, 0) is 44.4 Å². The van der Waals surface area contributed by atoms with Crippen molar-refractivity contribution in [1.82, 2.24) is 10.2 Å². The monoisotopic (exact) mass is 239 g/mol. The lowest BCUT2D eigenvalue weighted by Gasteiger charge is -2.24. The van der Waals surface area contributed by atoms with Gasteiger partial charge in [-0.1, -0.05) is 27.7 Å². The van der Waals surface area contributed by atoms with Crippen LogP contribution >= 0.6 is 0 Å². The van der Waals surface area contributed by atoms with Crippen LogP contribution in [0.3, 0.4) is 0 Å². The lowest BCUT2D eigenvalue weighted by atomic mass is 9.88. The maximum atomic E-state index is 8.58. The second-order valence-electron chi connectivity index (χ2n) is 5.38. The summed E-state index contributed by atoms with van der Waals surface area (Å²) in [5, 5.41) is 12.1. The average molecular weight is 239 g/mol. The van der Waals surface area contributed by atoms with Crippen molar-refractivity contribution in [3.8, 4) is 6.07 Å². The molecule has 0 aliphatic heterocycles. The molecule has 0 spiro atoms. The van der Waals surface area contributed by atoms with Gasteiger partial charge in [-0.25, -0.2) is 0 Å². The molecule has 0 aromatic carbocycles. The summed E-state index contributed by atoms with van der Waals surface area (Å²) in [6.07, 6.45) is 2.84. The van der Waals surface area contributed by atoms with Gasteiger partial charge in [0.05, 0.1) is 6.07 Å². The second-order valence-corrected chi connectivity index (χ2v) is 5.38. The van der Waals surface area contributed by atoms with Crippen LogP contribution in [-0.4, -0.2) is 37.6 Å². The Morgan fingerprint density at radius 1 is 1.24 bits per heavy atom. The highest BCUT2D eigenvalue weighted by molar-refractivity contribution is 4.78. The molecule has 17 heavy (non-hydrogen) atoms. The van der Waals surface area contributed by atoms with Crippen molar-refractivity contribution >= 4 is 0 Å². The van der Waals surface area contributed by atoms with Gasteiger partial charge in [0.1, 0.15) is 0 Å². The SMILES string of the molecule is CCN(CC)CCCNCC(C)(C)CCC#N. The highest BCUT2D eigenvalue weighted by Gasteiger charge is 2.16. The Bertz CT molecular complexity index is 214. The summed E-state index contributed by atoms with van der Waals surface area (Å²) in [6, 6.07) is 2.22. The zero-order valence-corrected chi connectivity index (χ0v) is 12.1. The van der Waals surface area contributed by atoms with Gasteiger partial charge in [0.25, 0.3) is 0 Å². The number of nitrogens with zero attached hydrogens (tertiary/aromatic N) is 2. The number of rotatable bonds is 10. The number of hydrogen-bond donors (Lipinski definition) is 1. The van der Waals surface area contributed by atoms with E-state index in [1.807, 2.05) is 0 Å². The van der Waals surface area contributed by atoms with E-state index in [1.54, 1.807) is 0 Å². The maximum absolute atomic E-state index is 8.58. The van der Waals surface area contributed by atoms with E-state index in [2.05, 4.69) is 44.0 Å². The van der Waals surface area contributed by atoms with Crippen LogP contribution in [0, 0.1) is 16.7 Å². The minimum atomic E-state index is 0.241. The van der Waals surface area contributed by atoms with Crippen LogP contribution in [0.5, 0.6) is 0 Å². The fourth-order valence-corrected chi connectivity index (χ4v) is 1.88. The molecule has 0 rings (SSSR count). The van der Waals surface area contributed by atoms with Gasteiger partial charge in [0.15, 0.2) is 0 Å². The van der Waals surface area contributed by atoms with Crippen molar-refractivity contribution in [2.45, 2.75) is 47.0 Å². The third kappa shape index (κ3) is 9.14. The summed E-state index contributed by atoms with van der Waals surface area (Å²) in [6.45, 7) is 14.4. The highest BCUT2D eigenvalue weighted by atomic mass is 15.1. The molecule has 0 saturated carbocycles. The minimum Gasteiger partial charge on any atom is -0.316 e. The Morgan fingerprint density at radius 3 is 2.41 bits per heavy atom. The smallest absolute Gasteiger partial charge is 0.0621 e. The van der Waals surface area contributed by atoms with E-state index in [9.17, 15) is 0 Å². The number of hydrogen-bond acceptors (Lipinski definition) is 3. The molecule has 0 bridgehead atoms. The lowest BCUT2D eigenvalue weighted by molar-refractivity contribution is 0.285. The Kier molecular flexibility index (Phi) is 9.11. The molecule has 0 aliphatic carbocycles. The van der Waals surface area contributed by atoms with Crippen LogP contribution in [0.1, 0.15) is 47.0 Å². The molecule has 3 nitrogen and oxygen atoms in total. The predicted molar refractivity (Wildman–Crippen MR) is 73.9 cm³/mol. The van der Waals surface area contributed by atoms with Crippen molar-refractivity contribution in [1.29, 1.82) is 5.26 Å². The van der Waals surface area contributed by atoms with Crippen molar-refractivity contribution < 1.29 is 0 Å². The second kappa shape index (κ2) is 9.44. The Morgan fingerprint density at radius 2 is 1.88 bits per heavy atom. The number of nitrogens with one attached hydrogen (secondary N) is 1. The molecule has 0 amide bonds. The standard InChI is InChI=1S/C14H29N3/c1-5-17(6-2)12-8-11-16-13-14(3,4)9-7-10-15/h16H,5-9,11-13H2,1-4H3. The molecule has 3 heteroatoms. The predicted octanol–water partition coefficient (Wildman–Crippen LogP) is 2.64. The van der Waals surface area contributed by atoms with Crippen LogP contribution in [0.2, 0.25) is 0 Å². The van der Waals surface area contributed by atoms with Crippen LogP contribution < -0.4 is 5.32 Å². The van der Waals surface area contributed by atoms with Gasteiger partial charge >= 0.3 is 0 Å². The van der Waals surface area contributed by atoms with Gasteiger partial charge in [0.2, 0.25) is 0 Å². The summed E-state index contributed by atoms with van der Waals surface area (Å²) in [7, 11) is 0. The molecule has 0 saturated heterocycles. The minimum absolute atomic E-state index is 0.241. The normalized spacial score (nSPS) is 11.8. The molecule has 1 N–H and O–H groups in total. The van der Waals surface area contributed by atoms with E-state index in [0.29, 0.717) is 6.42 Å². The Labute approximate surface area is 107 Å². The van der Waals surface area contributed by atoms with Gasteiger partial charge in [0, 0.05) is 13.0 Å². The van der Waals surface area contributed by atoms with Crippen molar-refractivity contribution in [2.24, 2.45) is 5.41 Å². The Hall–Kier alpha value is -0.590. The van der Waals surface area contributed by atoms with Crippen LogP contribution in [0.15, 0.2) is 0 Å². The van der Waals surface area contributed by atoms with Gasteiger partial charge in [-0.2, -0.15) is 5.26 Å². The summed E-state index contributed by atoms with van der Waals surface area (Å²) in [5.41, 5.74) is 0.241. The van der Waals surface area contributed by atoms with Gasteiger partial charge in [-0.3, -0.25) is 0 Å². The summed E-state index contributed by atoms with van der Waals surface area (Å²) >= 11 is 0. The molecule has 0 heterocycles. The molecule has 0 radical (unpaired) electrons. The molecule has 0 aliphatic rings. The zero-order valence-electron chi connectivity index (χ0n) is 12.1. The summed E-state index contributed by atoms with van der Waals surface area (Å²) < 4.78 is 0. The molecule has 0 atom stereocenters. The quantitative estimate of drug-likeness (QED) is 0.596. The molecule has 0 fully saturated rings. The first-order chi connectivity index (χ1) is 8.05. The molecule has 0 aromatic heterocycles. The van der Waals surface area contributed by atoms with Crippen LogP contribution in [-0.2, 0) is 0 Å². The molecule has 0 unspecified atom stereocenters. The average Bonchev–Trinajstić information content (AvgIpc) is 2.31. The fourth-order valence-electron chi connectivity index (χ4n) is 1.88. The summed E-state index contributed by atoms with van der Waals surface area (Å²) in [4.78, 5) is 2.45. The first-order valence-corrected chi connectivity index (χ1v) is 6.85. The largest absolute Gasteiger partial charge is 0.316 e. The van der Waals surface area contributed by atoms with E-state index in [0.717, 1.165) is 32.6 Å². The first-order valence-electron chi connectivity index (χ1n) is 6.85. The topological polar surface area (TPSA) is 39.1 Å². The zero-order chi connectivity index (χ0) is 13.1. The Balaban J connectivity index is 3.53. The molecule has 100 valence electrons. The van der Waals surface area contributed by atoms with E-state index < -0.39 is 0 Å². The number of nitriles is 1. The molecular formula is C14H29N3. The van der Waals surface area contributed by atoms with E-state index in [-0.39, 0.29) is 5.41 Å². The van der Waals surface area contributed by atoms with Crippen molar-refractivity contribution in [2.75, 3.05) is 32.7 Å². The first kappa shape index (κ1) is 16.4. The molecular weight excluding hydrogens is 210 g/mol. The third-order valence-electron chi connectivity index (χ3n) is 3.24. The van der Waals surface area contributed by atoms with Gasteiger partial charge in [-0.15, -0.1) is 0 Å². The van der Waals surface area contributed by atoms with E-state index >= 15 is 0 Å². The van der Waals surface area contributed by atoms with Crippen LogP contribution in [0.25, 0.3) is 0 Å². The van der Waals surface area contributed by atoms with E-state index in [1.165, 1.54) is 13.0 Å². The third-order valence-corrected chi connectivity index (χ3v) is 3.24. The summed E-state index contributed by atoms with van der Waals surface area (Å²) in [5.74, 6) is 0. The molecule has 0 aromatic rings. The maximum Gasteiger partial charge on any atom is 0.0621 e. The van der Waals surface area contributed by atoms with Crippen LogP contribution in [0.4, 0.5) is 0 Å². The fraction of sp³-hybridized carbons (Fsp3) is 0.929. The van der Waals surface area contributed by atoms with Crippen molar-refractivity contribution in [3.05, 3.63) is 0 Å². The van der Waals surface area contributed by atoms with Gasteiger partial charge < -0.3 is 10.2 Å². The lowest BCUT2D eigenvalue weighted by Crippen LogP contribution is -2.32. The van der Waals surface area contributed by atoms with Crippen molar-refractivity contribution in [3.63, 3.8) is 0 Å². The van der Waals surface area contributed by atoms with E-state index in [4.69, 9.17) is 5.26 Å².